The Morgan fingerprint density at radius 1 is 1.26 bits per heavy atom. The van der Waals surface area contributed by atoms with Gasteiger partial charge in [-0.1, -0.05) is 25.1 Å². The van der Waals surface area contributed by atoms with Crippen molar-refractivity contribution in [1.29, 1.82) is 0 Å². The van der Waals surface area contributed by atoms with Crippen LogP contribution in [-0.2, 0) is 11.3 Å². The van der Waals surface area contributed by atoms with E-state index in [9.17, 15) is 4.79 Å². The topological polar surface area (TPSA) is 44.4 Å². The molecule has 2 N–H and O–H groups in total. The first kappa shape index (κ1) is 15.5. The molecule has 0 aliphatic rings. The van der Waals surface area contributed by atoms with Crippen LogP contribution in [0.5, 0.6) is 0 Å². The molecule has 0 fully saturated rings. The van der Waals surface area contributed by atoms with E-state index in [2.05, 4.69) is 29.7 Å². The van der Waals surface area contributed by atoms with E-state index >= 15 is 0 Å². The summed E-state index contributed by atoms with van der Waals surface area (Å²) in [5.41, 5.74) is 2.33. The SMILES string of the molecule is CCCNCc1ccccc1N(C)CC(=O)NCC. The zero-order valence-electron chi connectivity index (χ0n) is 12.2. The Balaban J connectivity index is 2.67. The Bertz CT molecular complexity index is 393. The number of amides is 1. The van der Waals surface area contributed by atoms with Crippen molar-refractivity contribution in [1.82, 2.24) is 10.6 Å². The third kappa shape index (κ3) is 5.30. The molecule has 0 saturated carbocycles. The van der Waals surface area contributed by atoms with Crippen LogP contribution in [0.2, 0.25) is 0 Å². The normalized spacial score (nSPS) is 10.3. The highest BCUT2D eigenvalue weighted by Crippen LogP contribution is 2.18. The predicted molar refractivity (Wildman–Crippen MR) is 80.4 cm³/mol. The second-order valence-electron chi connectivity index (χ2n) is 4.62. The fraction of sp³-hybridized carbons (Fsp3) is 0.533. The van der Waals surface area contributed by atoms with Crippen LogP contribution < -0.4 is 15.5 Å². The number of carbonyl (C=O) groups is 1. The smallest absolute Gasteiger partial charge is 0.239 e. The Hall–Kier alpha value is -1.55. The van der Waals surface area contributed by atoms with E-state index in [1.54, 1.807) is 0 Å². The predicted octanol–water partition coefficient (Wildman–Crippen LogP) is 1.76. The first-order chi connectivity index (χ1) is 9.19. The molecule has 0 heterocycles. The quantitative estimate of drug-likeness (QED) is 0.702. The van der Waals surface area contributed by atoms with E-state index in [1.807, 2.05) is 31.0 Å². The highest BCUT2D eigenvalue weighted by atomic mass is 16.2. The van der Waals surface area contributed by atoms with Gasteiger partial charge in [-0.25, -0.2) is 0 Å². The summed E-state index contributed by atoms with van der Waals surface area (Å²) in [4.78, 5) is 13.6. The van der Waals surface area contributed by atoms with Crippen LogP contribution in [0.4, 0.5) is 5.69 Å². The Kier molecular flexibility index (Phi) is 6.97. The molecular formula is C15H25N3O. The summed E-state index contributed by atoms with van der Waals surface area (Å²) in [6, 6.07) is 8.20. The number of hydrogen-bond acceptors (Lipinski definition) is 3. The number of para-hydroxylation sites is 1. The number of nitrogens with zero attached hydrogens (tertiary/aromatic N) is 1. The molecule has 0 spiro atoms. The largest absolute Gasteiger partial charge is 0.365 e. The van der Waals surface area contributed by atoms with E-state index in [-0.39, 0.29) is 5.91 Å². The number of carbonyl (C=O) groups excluding carboxylic acids is 1. The molecule has 1 aromatic rings. The minimum atomic E-state index is 0.0568. The Labute approximate surface area is 116 Å². The molecule has 4 heteroatoms. The third-order valence-corrected chi connectivity index (χ3v) is 2.90. The maximum absolute atomic E-state index is 11.6. The van der Waals surface area contributed by atoms with Gasteiger partial charge < -0.3 is 15.5 Å². The summed E-state index contributed by atoms with van der Waals surface area (Å²) in [5.74, 6) is 0.0568. The molecule has 0 aliphatic carbocycles. The molecular weight excluding hydrogens is 238 g/mol. The molecule has 0 aliphatic heterocycles. The molecule has 1 aromatic carbocycles. The van der Waals surface area contributed by atoms with Gasteiger partial charge >= 0.3 is 0 Å². The van der Waals surface area contributed by atoms with Gasteiger partial charge in [0.05, 0.1) is 6.54 Å². The van der Waals surface area contributed by atoms with Crippen molar-refractivity contribution in [3.05, 3.63) is 29.8 Å². The lowest BCUT2D eigenvalue weighted by Crippen LogP contribution is -2.35. The minimum Gasteiger partial charge on any atom is -0.365 e. The molecule has 0 atom stereocenters. The number of rotatable bonds is 8. The van der Waals surface area contributed by atoms with Gasteiger partial charge in [-0.3, -0.25) is 4.79 Å². The van der Waals surface area contributed by atoms with Crippen LogP contribution in [0.25, 0.3) is 0 Å². The highest BCUT2D eigenvalue weighted by Gasteiger charge is 2.09. The van der Waals surface area contributed by atoms with Crippen molar-refractivity contribution >= 4 is 11.6 Å². The molecule has 4 nitrogen and oxygen atoms in total. The summed E-state index contributed by atoms with van der Waals surface area (Å²) in [6.07, 6.45) is 1.12. The van der Waals surface area contributed by atoms with E-state index in [0.717, 1.165) is 25.2 Å². The highest BCUT2D eigenvalue weighted by molar-refractivity contribution is 5.81. The van der Waals surface area contributed by atoms with Gasteiger partial charge in [-0.05, 0) is 31.5 Å². The summed E-state index contributed by atoms with van der Waals surface area (Å²) >= 11 is 0. The van der Waals surface area contributed by atoms with Gasteiger partial charge in [-0.2, -0.15) is 0 Å². The van der Waals surface area contributed by atoms with Crippen molar-refractivity contribution in [2.24, 2.45) is 0 Å². The molecule has 0 aromatic heterocycles. The maximum atomic E-state index is 11.6. The van der Waals surface area contributed by atoms with E-state index in [4.69, 9.17) is 0 Å². The lowest BCUT2D eigenvalue weighted by atomic mass is 10.1. The van der Waals surface area contributed by atoms with Gasteiger partial charge in [0, 0.05) is 25.8 Å². The Morgan fingerprint density at radius 2 is 2.00 bits per heavy atom. The Morgan fingerprint density at radius 3 is 2.68 bits per heavy atom. The first-order valence-corrected chi connectivity index (χ1v) is 6.95. The zero-order chi connectivity index (χ0) is 14.1. The molecule has 0 unspecified atom stereocenters. The molecule has 0 bridgehead atoms. The third-order valence-electron chi connectivity index (χ3n) is 2.90. The van der Waals surface area contributed by atoms with E-state index < -0.39 is 0 Å². The lowest BCUT2D eigenvalue weighted by Gasteiger charge is -2.22. The van der Waals surface area contributed by atoms with Crippen molar-refractivity contribution in [2.75, 3.05) is 31.6 Å². The summed E-state index contributed by atoms with van der Waals surface area (Å²) < 4.78 is 0. The van der Waals surface area contributed by atoms with Crippen LogP contribution in [0.3, 0.4) is 0 Å². The van der Waals surface area contributed by atoms with Crippen molar-refractivity contribution in [3.8, 4) is 0 Å². The van der Waals surface area contributed by atoms with Gasteiger partial charge in [0.25, 0.3) is 0 Å². The lowest BCUT2D eigenvalue weighted by molar-refractivity contribution is -0.119. The molecule has 0 saturated heterocycles. The molecule has 1 rings (SSSR count). The van der Waals surface area contributed by atoms with E-state index in [1.165, 1.54) is 5.56 Å². The number of nitrogens with one attached hydrogen (secondary N) is 2. The van der Waals surface area contributed by atoms with Crippen molar-refractivity contribution < 1.29 is 4.79 Å². The van der Waals surface area contributed by atoms with Crippen LogP contribution in [-0.4, -0.2) is 32.6 Å². The fourth-order valence-corrected chi connectivity index (χ4v) is 1.99. The number of likely N-dealkylation sites (N-methyl/N-ethyl adjacent to an activating group) is 2. The number of benzene rings is 1. The molecule has 0 radical (unpaired) electrons. The second-order valence-corrected chi connectivity index (χ2v) is 4.62. The standard InChI is InChI=1S/C15H25N3O/c1-4-10-16-11-13-8-6-7-9-14(13)18(3)12-15(19)17-5-2/h6-9,16H,4-5,10-12H2,1-3H3,(H,17,19). The number of hydrogen-bond donors (Lipinski definition) is 2. The fourth-order valence-electron chi connectivity index (χ4n) is 1.99. The first-order valence-electron chi connectivity index (χ1n) is 6.95. The summed E-state index contributed by atoms with van der Waals surface area (Å²) in [7, 11) is 1.95. The van der Waals surface area contributed by atoms with Gasteiger partial charge in [0.15, 0.2) is 0 Å². The van der Waals surface area contributed by atoms with E-state index in [0.29, 0.717) is 13.1 Å². The summed E-state index contributed by atoms with van der Waals surface area (Å²) in [6.45, 7) is 6.99. The van der Waals surface area contributed by atoms with Crippen molar-refractivity contribution in [2.45, 2.75) is 26.8 Å². The van der Waals surface area contributed by atoms with Crippen LogP contribution in [0.15, 0.2) is 24.3 Å². The van der Waals surface area contributed by atoms with Crippen molar-refractivity contribution in [3.63, 3.8) is 0 Å². The van der Waals surface area contributed by atoms with Crippen LogP contribution in [0.1, 0.15) is 25.8 Å². The number of anilines is 1. The monoisotopic (exact) mass is 263 g/mol. The average molecular weight is 263 g/mol. The van der Waals surface area contributed by atoms with Gasteiger partial charge in [0.1, 0.15) is 0 Å². The average Bonchev–Trinajstić information content (AvgIpc) is 2.39. The minimum absolute atomic E-state index is 0.0568. The molecule has 19 heavy (non-hydrogen) atoms. The zero-order valence-corrected chi connectivity index (χ0v) is 12.2. The maximum Gasteiger partial charge on any atom is 0.239 e. The van der Waals surface area contributed by atoms with Gasteiger partial charge in [-0.15, -0.1) is 0 Å². The van der Waals surface area contributed by atoms with Gasteiger partial charge in [0.2, 0.25) is 5.91 Å². The molecule has 106 valence electrons. The second kappa shape index (κ2) is 8.53. The van der Waals surface area contributed by atoms with Crippen LogP contribution >= 0.6 is 0 Å². The molecule has 1 amide bonds. The van der Waals surface area contributed by atoms with Crippen LogP contribution in [0, 0.1) is 0 Å². The summed E-state index contributed by atoms with van der Waals surface area (Å²) in [5, 5.41) is 6.22.